The van der Waals surface area contributed by atoms with Crippen LogP contribution in [0.15, 0.2) is 23.8 Å². The van der Waals surface area contributed by atoms with E-state index >= 15 is 0 Å². The molecule has 2 heterocycles. The second-order valence-electron chi connectivity index (χ2n) is 5.37. The van der Waals surface area contributed by atoms with Crippen molar-refractivity contribution >= 4 is 11.8 Å². The van der Waals surface area contributed by atoms with E-state index in [0.717, 1.165) is 5.57 Å². The monoisotopic (exact) mass is 287 g/mol. The molecule has 0 aromatic heterocycles. The summed E-state index contributed by atoms with van der Waals surface area (Å²) in [7, 11) is 0. The van der Waals surface area contributed by atoms with Crippen LogP contribution in [0.4, 0.5) is 0 Å². The van der Waals surface area contributed by atoms with E-state index in [0.29, 0.717) is 32.3 Å². The van der Waals surface area contributed by atoms with E-state index in [1.165, 1.54) is 0 Å². The summed E-state index contributed by atoms with van der Waals surface area (Å²) in [6.07, 6.45) is 7.34. The molecule has 5 nitrogen and oxygen atoms in total. The Morgan fingerprint density at radius 2 is 2.38 bits per heavy atom. The Labute approximate surface area is 123 Å². The third kappa shape index (κ3) is 3.81. The van der Waals surface area contributed by atoms with Crippen molar-refractivity contribution in [2.24, 2.45) is 0 Å². The lowest BCUT2D eigenvalue weighted by molar-refractivity contribution is -0.139. The summed E-state index contributed by atoms with van der Waals surface area (Å²) >= 11 is 0. The van der Waals surface area contributed by atoms with Gasteiger partial charge in [-0.05, 0) is 6.08 Å². The fraction of sp³-hybridized carbons (Fsp3) is 0.500. The number of allylic oxidation sites excluding steroid dienone is 4. The Morgan fingerprint density at radius 1 is 1.48 bits per heavy atom. The Bertz CT molecular complexity index is 567. The minimum absolute atomic E-state index is 0.126. The number of epoxide rings is 1. The molecule has 21 heavy (non-hydrogen) atoms. The summed E-state index contributed by atoms with van der Waals surface area (Å²) in [5.74, 6) is 5.77. The lowest BCUT2D eigenvalue weighted by Crippen LogP contribution is -2.36. The third-order valence-electron chi connectivity index (χ3n) is 3.67. The normalized spacial score (nSPS) is 30.0. The fourth-order valence-corrected chi connectivity index (χ4v) is 2.48. The Morgan fingerprint density at radius 3 is 3.19 bits per heavy atom. The number of hydrogen-bond donors (Lipinski definition) is 1. The van der Waals surface area contributed by atoms with Crippen LogP contribution in [0.25, 0.3) is 0 Å². The van der Waals surface area contributed by atoms with Gasteiger partial charge in [0.05, 0.1) is 6.61 Å². The number of hydrogen-bond acceptors (Lipinski definition) is 5. The highest BCUT2D eigenvalue weighted by Crippen LogP contribution is 2.26. The van der Waals surface area contributed by atoms with Gasteiger partial charge in [0.25, 0.3) is 0 Å². The van der Waals surface area contributed by atoms with Gasteiger partial charge < -0.3 is 9.47 Å². The minimum Gasteiger partial charge on any atom is -0.464 e. The first kappa shape index (κ1) is 14.1. The van der Waals surface area contributed by atoms with Gasteiger partial charge in [-0.3, -0.25) is 14.9 Å². The molecule has 3 rings (SSSR count). The van der Waals surface area contributed by atoms with E-state index < -0.39 is 0 Å². The number of Topliss-reactive ketones (excluding diaryl/α,β-unsaturated/α-hetero) is 1. The average molecular weight is 287 g/mol. The molecular formula is C16H17NO4. The van der Waals surface area contributed by atoms with Gasteiger partial charge in [0.2, 0.25) is 0 Å². The molecule has 2 saturated heterocycles. The average Bonchev–Trinajstić information content (AvgIpc) is 3.12. The number of cyclic esters (lactones) is 1. The van der Waals surface area contributed by atoms with E-state index in [-0.39, 0.29) is 30.1 Å². The molecule has 0 saturated carbocycles. The standard InChI is InChI=1S/C16H17NO4/c18-12(9-11-5-3-1-2-4-6-11)10-14-15(21-14)17-13-7-8-20-16(13)19/h1,3,5,13-15,17H,6-10H2. The molecule has 3 aliphatic rings. The molecule has 0 amide bonds. The van der Waals surface area contributed by atoms with Crippen LogP contribution in [-0.2, 0) is 19.1 Å². The SMILES string of the molecule is O=C(CC1=CC=CC#CC1)CC1OC1NC1CCOC1=O. The maximum atomic E-state index is 12.0. The molecule has 1 N–H and O–H groups in total. The zero-order chi connectivity index (χ0) is 14.7. The lowest BCUT2D eigenvalue weighted by Gasteiger charge is -2.05. The molecule has 0 aromatic rings. The molecular weight excluding hydrogens is 270 g/mol. The molecule has 2 fully saturated rings. The number of rotatable bonds is 6. The van der Waals surface area contributed by atoms with Crippen LogP contribution in [0, 0.1) is 11.8 Å². The van der Waals surface area contributed by atoms with Crippen LogP contribution in [0.3, 0.4) is 0 Å². The number of carbonyl (C=O) groups is 2. The molecule has 0 radical (unpaired) electrons. The zero-order valence-corrected chi connectivity index (χ0v) is 11.6. The molecule has 110 valence electrons. The quantitative estimate of drug-likeness (QED) is 0.446. The van der Waals surface area contributed by atoms with Crippen LogP contribution >= 0.6 is 0 Å². The summed E-state index contributed by atoms with van der Waals surface area (Å²) in [6, 6.07) is -0.292. The van der Waals surface area contributed by atoms with Crippen molar-refractivity contribution in [3.05, 3.63) is 23.8 Å². The van der Waals surface area contributed by atoms with Gasteiger partial charge in [0, 0.05) is 25.7 Å². The summed E-state index contributed by atoms with van der Waals surface area (Å²) in [6.45, 7) is 0.454. The first-order valence-corrected chi connectivity index (χ1v) is 7.15. The van der Waals surface area contributed by atoms with Crippen molar-refractivity contribution < 1.29 is 19.1 Å². The topological polar surface area (TPSA) is 67.9 Å². The van der Waals surface area contributed by atoms with Gasteiger partial charge in [-0.2, -0.15) is 0 Å². The van der Waals surface area contributed by atoms with Crippen LogP contribution in [0.1, 0.15) is 25.7 Å². The number of esters is 1. The maximum Gasteiger partial charge on any atom is 0.323 e. The van der Waals surface area contributed by atoms with Crippen LogP contribution in [0.5, 0.6) is 0 Å². The molecule has 2 aliphatic heterocycles. The molecule has 1 aliphatic carbocycles. The number of carbonyl (C=O) groups excluding carboxylic acids is 2. The van der Waals surface area contributed by atoms with Gasteiger partial charge in [0.15, 0.2) is 0 Å². The van der Waals surface area contributed by atoms with Crippen LogP contribution in [0.2, 0.25) is 0 Å². The van der Waals surface area contributed by atoms with Gasteiger partial charge >= 0.3 is 5.97 Å². The van der Waals surface area contributed by atoms with Crippen LogP contribution in [-0.4, -0.2) is 36.7 Å². The zero-order valence-electron chi connectivity index (χ0n) is 11.6. The summed E-state index contributed by atoms with van der Waals surface area (Å²) in [5.41, 5.74) is 1.03. The second kappa shape index (κ2) is 6.25. The Balaban J connectivity index is 1.41. The van der Waals surface area contributed by atoms with Crippen molar-refractivity contribution in [2.75, 3.05) is 6.61 Å². The third-order valence-corrected chi connectivity index (χ3v) is 3.67. The largest absolute Gasteiger partial charge is 0.464 e. The predicted molar refractivity (Wildman–Crippen MR) is 75.0 cm³/mol. The van der Waals surface area contributed by atoms with Crippen molar-refractivity contribution in [2.45, 2.75) is 44.1 Å². The molecule has 0 aromatic carbocycles. The van der Waals surface area contributed by atoms with Gasteiger partial charge in [-0.15, -0.1) is 0 Å². The number of nitrogens with one attached hydrogen (secondary N) is 1. The molecule has 5 heteroatoms. The predicted octanol–water partition coefficient (Wildman–Crippen LogP) is 0.855. The van der Waals surface area contributed by atoms with Crippen molar-refractivity contribution in [3.8, 4) is 11.8 Å². The van der Waals surface area contributed by atoms with Gasteiger partial charge in [0.1, 0.15) is 24.2 Å². The number of ether oxygens (including phenoxy) is 2. The smallest absolute Gasteiger partial charge is 0.323 e. The van der Waals surface area contributed by atoms with Crippen molar-refractivity contribution in [3.63, 3.8) is 0 Å². The minimum atomic E-state index is -0.292. The van der Waals surface area contributed by atoms with Crippen LogP contribution < -0.4 is 5.32 Å². The fourth-order valence-electron chi connectivity index (χ4n) is 2.48. The van der Waals surface area contributed by atoms with E-state index in [2.05, 4.69) is 17.2 Å². The van der Waals surface area contributed by atoms with Crippen molar-refractivity contribution in [1.82, 2.24) is 5.32 Å². The van der Waals surface area contributed by atoms with Gasteiger partial charge in [-0.25, -0.2) is 0 Å². The number of ketones is 1. The summed E-state index contributed by atoms with van der Waals surface area (Å²) < 4.78 is 10.3. The summed E-state index contributed by atoms with van der Waals surface area (Å²) in [4.78, 5) is 23.3. The highest BCUT2D eigenvalue weighted by molar-refractivity contribution is 5.82. The van der Waals surface area contributed by atoms with E-state index in [1.54, 1.807) is 6.08 Å². The lowest BCUT2D eigenvalue weighted by atomic mass is 10.0. The highest BCUT2D eigenvalue weighted by Gasteiger charge is 2.43. The van der Waals surface area contributed by atoms with E-state index in [9.17, 15) is 9.59 Å². The molecule has 0 bridgehead atoms. The van der Waals surface area contributed by atoms with E-state index in [1.807, 2.05) is 12.2 Å². The van der Waals surface area contributed by atoms with E-state index in [4.69, 9.17) is 9.47 Å². The molecule has 3 unspecified atom stereocenters. The molecule has 0 spiro atoms. The Hall–Kier alpha value is -1.90. The van der Waals surface area contributed by atoms with Crippen molar-refractivity contribution in [1.29, 1.82) is 0 Å². The second-order valence-corrected chi connectivity index (χ2v) is 5.37. The Kier molecular flexibility index (Phi) is 4.18. The highest BCUT2D eigenvalue weighted by atomic mass is 16.6. The summed E-state index contributed by atoms with van der Waals surface area (Å²) in [5, 5.41) is 3.07. The maximum absolute atomic E-state index is 12.0. The van der Waals surface area contributed by atoms with Gasteiger partial charge in [-0.1, -0.05) is 29.6 Å². The first-order chi connectivity index (χ1) is 10.2. The first-order valence-electron chi connectivity index (χ1n) is 7.15. The molecule has 3 atom stereocenters.